The molecule has 0 spiro atoms. The van der Waals surface area contributed by atoms with E-state index in [9.17, 15) is 9.90 Å². The molecule has 0 amide bonds. The number of aromatic hydroxyl groups is 1. The lowest BCUT2D eigenvalue weighted by Crippen LogP contribution is -2.04. The third-order valence-electron chi connectivity index (χ3n) is 5.87. The van der Waals surface area contributed by atoms with Gasteiger partial charge in [-0.25, -0.2) is 4.99 Å². The van der Waals surface area contributed by atoms with Gasteiger partial charge in [-0.1, -0.05) is 60.7 Å². The van der Waals surface area contributed by atoms with Crippen molar-refractivity contribution in [1.82, 2.24) is 0 Å². The molecule has 0 saturated heterocycles. The molecule has 2 aromatic heterocycles. The van der Waals surface area contributed by atoms with Gasteiger partial charge in [0.1, 0.15) is 28.1 Å². The van der Waals surface area contributed by atoms with Crippen LogP contribution in [0.25, 0.3) is 44.4 Å². The normalized spacial score (nSPS) is 11.8. The molecule has 0 fully saturated rings. The molecule has 0 saturated carbocycles. The van der Waals surface area contributed by atoms with Crippen LogP contribution in [0.15, 0.2) is 128 Å². The van der Waals surface area contributed by atoms with Crippen LogP contribution in [0.5, 0.6) is 5.75 Å². The van der Waals surface area contributed by atoms with Gasteiger partial charge in [-0.05, 0) is 53.6 Å². The lowest BCUT2D eigenvalue weighted by Gasteiger charge is -2.10. The molecule has 168 valence electrons. The zero-order valence-electron chi connectivity index (χ0n) is 18.5. The van der Waals surface area contributed by atoms with E-state index in [4.69, 9.17) is 8.83 Å². The van der Waals surface area contributed by atoms with Crippen LogP contribution in [0, 0.1) is 0 Å². The number of hydrogen-bond donors (Lipinski definition) is 1. The van der Waals surface area contributed by atoms with Crippen molar-refractivity contribution in [3.63, 3.8) is 0 Å². The van der Waals surface area contributed by atoms with Crippen molar-refractivity contribution < 1.29 is 13.9 Å². The third kappa shape index (κ3) is 3.79. The summed E-state index contributed by atoms with van der Waals surface area (Å²) in [6.07, 6.45) is 0. The van der Waals surface area contributed by atoms with Crippen molar-refractivity contribution in [3.05, 3.63) is 125 Å². The molecule has 0 bridgehead atoms. The van der Waals surface area contributed by atoms with Crippen LogP contribution in [0.1, 0.15) is 0 Å². The minimum absolute atomic E-state index is 0.114. The molecule has 1 N–H and O–H groups in total. The Balaban J connectivity index is 1.62. The maximum atomic E-state index is 13.2. The number of fused-ring (bicyclic) bond motifs is 2. The molecule has 0 aliphatic carbocycles. The Morgan fingerprint density at radius 2 is 1.37 bits per heavy atom. The van der Waals surface area contributed by atoms with Gasteiger partial charge in [-0.15, -0.1) is 0 Å². The molecule has 6 aromatic rings. The number of benzene rings is 4. The second kappa shape index (κ2) is 8.47. The number of phenols is 1. The van der Waals surface area contributed by atoms with Crippen LogP contribution in [0.3, 0.4) is 0 Å². The molecule has 0 aliphatic rings. The monoisotopic (exact) mass is 457 g/mol. The Kier molecular flexibility index (Phi) is 5.00. The van der Waals surface area contributed by atoms with E-state index < -0.39 is 0 Å². The topological polar surface area (TPSA) is 75.9 Å². The van der Waals surface area contributed by atoms with Crippen LogP contribution in [0.2, 0.25) is 0 Å². The van der Waals surface area contributed by atoms with E-state index in [1.165, 1.54) is 0 Å². The first kappa shape index (κ1) is 20.7. The van der Waals surface area contributed by atoms with Crippen molar-refractivity contribution >= 4 is 27.6 Å². The van der Waals surface area contributed by atoms with Gasteiger partial charge in [0.05, 0.1) is 16.6 Å². The van der Waals surface area contributed by atoms with Crippen molar-refractivity contribution in [3.8, 4) is 28.2 Å². The van der Waals surface area contributed by atoms with E-state index in [-0.39, 0.29) is 16.6 Å². The Morgan fingerprint density at radius 3 is 2.17 bits per heavy atom. The highest BCUT2D eigenvalue weighted by atomic mass is 16.3. The molecule has 0 radical (unpaired) electrons. The third-order valence-corrected chi connectivity index (χ3v) is 5.87. The van der Waals surface area contributed by atoms with Crippen molar-refractivity contribution in [2.24, 2.45) is 4.99 Å². The molecular formula is C30H19NO4. The molecule has 35 heavy (non-hydrogen) atoms. The van der Waals surface area contributed by atoms with Crippen LogP contribution in [-0.4, -0.2) is 5.11 Å². The van der Waals surface area contributed by atoms with E-state index in [0.29, 0.717) is 33.4 Å². The fourth-order valence-electron chi connectivity index (χ4n) is 4.17. The summed E-state index contributed by atoms with van der Waals surface area (Å²) < 4.78 is 12.0. The summed E-state index contributed by atoms with van der Waals surface area (Å²) in [6, 6.07) is 33.4. The number of nitrogens with zero attached hydrogens (tertiary/aromatic N) is 1. The van der Waals surface area contributed by atoms with Crippen molar-refractivity contribution in [2.75, 3.05) is 0 Å². The summed E-state index contributed by atoms with van der Waals surface area (Å²) in [6.45, 7) is 0. The standard InChI is InChI=1S/C30H19NO4/c32-29-22-13-7-8-14-24(22)34-25-16-15-23(30(33)28(25)29)26-17-20(19-9-3-1-4-10-19)18-27(35-26)31-21-11-5-2-6-12-21/h1-18,33H. The van der Waals surface area contributed by atoms with E-state index >= 15 is 0 Å². The summed E-state index contributed by atoms with van der Waals surface area (Å²) in [4.78, 5) is 17.9. The van der Waals surface area contributed by atoms with E-state index in [1.807, 2.05) is 72.8 Å². The predicted molar refractivity (Wildman–Crippen MR) is 136 cm³/mol. The molecular weight excluding hydrogens is 438 g/mol. The SMILES string of the molecule is O=c1c2ccccc2oc2ccc(-c3cc(-c4ccccc4)cc(=Nc4ccccc4)o3)c(O)c12. The van der Waals surface area contributed by atoms with Gasteiger partial charge in [0.25, 0.3) is 0 Å². The fourth-order valence-corrected chi connectivity index (χ4v) is 4.17. The highest BCUT2D eigenvalue weighted by Crippen LogP contribution is 2.36. The zero-order valence-corrected chi connectivity index (χ0v) is 18.5. The largest absolute Gasteiger partial charge is 0.506 e. The van der Waals surface area contributed by atoms with Gasteiger partial charge in [-0.3, -0.25) is 4.79 Å². The summed E-state index contributed by atoms with van der Waals surface area (Å²) in [5.41, 5.74) is 3.81. The van der Waals surface area contributed by atoms with Gasteiger partial charge < -0.3 is 13.9 Å². The van der Waals surface area contributed by atoms with Gasteiger partial charge >= 0.3 is 0 Å². The van der Waals surface area contributed by atoms with Crippen LogP contribution in [0.4, 0.5) is 5.69 Å². The van der Waals surface area contributed by atoms with Gasteiger partial charge in [0.15, 0.2) is 0 Å². The van der Waals surface area contributed by atoms with Crippen LogP contribution >= 0.6 is 0 Å². The first-order chi connectivity index (χ1) is 17.2. The summed E-state index contributed by atoms with van der Waals surface area (Å²) in [5, 5.41) is 11.8. The number of phenolic OH excluding ortho intramolecular Hbond substituents is 1. The second-order valence-electron chi connectivity index (χ2n) is 8.12. The molecule has 4 aromatic carbocycles. The van der Waals surface area contributed by atoms with Gasteiger partial charge in [0, 0.05) is 6.07 Å². The molecule has 0 atom stereocenters. The second-order valence-corrected chi connectivity index (χ2v) is 8.12. The lowest BCUT2D eigenvalue weighted by molar-refractivity contribution is 0.472. The van der Waals surface area contributed by atoms with Gasteiger partial charge in [0.2, 0.25) is 11.0 Å². The van der Waals surface area contributed by atoms with Crippen LogP contribution < -0.4 is 11.0 Å². The van der Waals surface area contributed by atoms with Gasteiger partial charge in [-0.2, -0.15) is 0 Å². The maximum absolute atomic E-state index is 13.2. The molecule has 5 nitrogen and oxygen atoms in total. The first-order valence-corrected chi connectivity index (χ1v) is 11.2. The minimum atomic E-state index is -0.297. The Labute approximate surface area is 199 Å². The predicted octanol–water partition coefficient (Wildman–Crippen LogP) is 6.81. The highest BCUT2D eigenvalue weighted by molar-refractivity contribution is 5.97. The minimum Gasteiger partial charge on any atom is -0.506 e. The lowest BCUT2D eigenvalue weighted by atomic mass is 10.0. The molecule has 0 aliphatic heterocycles. The van der Waals surface area contributed by atoms with E-state index in [2.05, 4.69) is 4.99 Å². The molecule has 5 heteroatoms. The zero-order chi connectivity index (χ0) is 23.8. The summed E-state index contributed by atoms with van der Waals surface area (Å²) in [5.74, 6) is 0.189. The maximum Gasteiger partial charge on any atom is 0.220 e. The molecule has 2 heterocycles. The van der Waals surface area contributed by atoms with E-state index in [1.54, 1.807) is 36.4 Å². The molecule has 6 rings (SSSR count). The Bertz CT molecular complexity index is 1820. The summed E-state index contributed by atoms with van der Waals surface area (Å²) in [7, 11) is 0. The quantitative estimate of drug-likeness (QED) is 0.296. The first-order valence-electron chi connectivity index (χ1n) is 11.2. The van der Waals surface area contributed by atoms with Crippen molar-refractivity contribution in [1.29, 1.82) is 0 Å². The Morgan fingerprint density at radius 1 is 0.657 bits per heavy atom. The van der Waals surface area contributed by atoms with E-state index in [0.717, 1.165) is 16.8 Å². The smallest absolute Gasteiger partial charge is 0.220 e. The summed E-state index contributed by atoms with van der Waals surface area (Å²) >= 11 is 0. The molecule has 0 unspecified atom stereocenters. The average molecular weight is 457 g/mol. The number of rotatable bonds is 3. The average Bonchev–Trinajstić information content (AvgIpc) is 2.90. The van der Waals surface area contributed by atoms with Crippen LogP contribution in [-0.2, 0) is 0 Å². The highest BCUT2D eigenvalue weighted by Gasteiger charge is 2.17. The number of hydrogen-bond acceptors (Lipinski definition) is 5. The Hall–Kier alpha value is -4.90. The van der Waals surface area contributed by atoms with Crippen molar-refractivity contribution in [2.45, 2.75) is 0 Å². The number of para-hydroxylation sites is 2. The fraction of sp³-hybridized carbons (Fsp3) is 0.